The molecule has 2 rings (SSSR count). The van der Waals surface area contributed by atoms with Crippen LogP contribution in [0.4, 0.5) is 5.69 Å². The minimum absolute atomic E-state index is 0.114. The van der Waals surface area contributed by atoms with Gasteiger partial charge >= 0.3 is 5.97 Å². The van der Waals surface area contributed by atoms with E-state index in [1.54, 1.807) is 12.1 Å². The van der Waals surface area contributed by atoms with Crippen LogP contribution in [0.5, 0.6) is 0 Å². The zero-order chi connectivity index (χ0) is 18.2. The lowest BCUT2D eigenvalue weighted by Crippen LogP contribution is -2.33. The Kier molecular flexibility index (Phi) is 6.91. The number of nitrogens with one attached hydrogen (secondary N) is 1. The van der Waals surface area contributed by atoms with Gasteiger partial charge in [0.25, 0.3) is 0 Å². The molecule has 132 valence electrons. The highest BCUT2D eigenvalue weighted by Crippen LogP contribution is 2.13. The lowest BCUT2D eigenvalue weighted by atomic mass is 10.0. The molecular weight excluding hydrogens is 342 g/mol. The van der Waals surface area contributed by atoms with Crippen LogP contribution in [0.1, 0.15) is 12.0 Å². The van der Waals surface area contributed by atoms with E-state index in [1.165, 1.54) is 6.20 Å². The number of hydrogen-bond donors (Lipinski definition) is 2. The van der Waals surface area contributed by atoms with E-state index in [1.807, 2.05) is 42.3 Å². The summed E-state index contributed by atoms with van der Waals surface area (Å²) in [5.41, 5.74) is 1.57. The monoisotopic (exact) mass is 361 g/mol. The minimum atomic E-state index is -0.996. The van der Waals surface area contributed by atoms with Gasteiger partial charge in [0.1, 0.15) is 5.15 Å². The first-order valence-electron chi connectivity index (χ1n) is 7.80. The number of pyridine rings is 1. The number of aliphatic carboxylic acids is 1. The predicted octanol–water partition coefficient (Wildman–Crippen LogP) is 2.90. The van der Waals surface area contributed by atoms with Crippen molar-refractivity contribution in [2.75, 3.05) is 18.9 Å². The molecule has 2 N–H and O–H groups in total. The Morgan fingerprint density at radius 3 is 2.56 bits per heavy atom. The Bertz CT molecular complexity index is 707. The van der Waals surface area contributed by atoms with Gasteiger partial charge in [0.15, 0.2) is 0 Å². The summed E-state index contributed by atoms with van der Waals surface area (Å²) >= 11 is 5.69. The van der Waals surface area contributed by atoms with Gasteiger partial charge in [-0.3, -0.25) is 9.59 Å². The van der Waals surface area contributed by atoms with Crippen molar-refractivity contribution in [1.29, 1.82) is 0 Å². The van der Waals surface area contributed by atoms with Gasteiger partial charge in [-0.1, -0.05) is 41.9 Å². The van der Waals surface area contributed by atoms with Gasteiger partial charge in [-0.15, -0.1) is 0 Å². The fraction of sp³-hybridized carbons (Fsp3) is 0.278. The van der Waals surface area contributed by atoms with Crippen LogP contribution in [0, 0.1) is 5.92 Å². The minimum Gasteiger partial charge on any atom is -0.481 e. The Labute approximate surface area is 151 Å². The summed E-state index contributed by atoms with van der Waals surface area (Å²) in [5.74, 6) is -2.16. The van der Waals surface area contributed by atoms with Crippen LogP contribution in [0.2, 0.25) is 5.15 Å². The van der Waals surface area contributed by atoms with Crippen LogP contribution in [-0.4, -0.2) is 40.5 Å². The molecule has 0 radical (unpaired) electrons. The standard InChI is InChI=1S/C18H20ClN3O3/c1-22(11-13-5-3-2-4-6-13)12-14(18(24)25)9-17(23)21-15-7-8-16(19)20-10-15/h2-8,10,14H,9,11-12H2,1H3,(H,21,23)(H,24,25)/t14-/m1/s1. The highest BCUT2D eigenvalue weighted by Gasteiger charge is 2.23. The number of rotatable bonds is 8. The van der Waals surface area contributed by atoms with Gasteiger partial charge in [-0.05, 0) is 24.7 Å². The number of amides is 1. The van der Waals surface area contributed by atoms with Crippen LogP contribution in [0.3, 0.4) is 0 Å². The lowest BCUT2D eigenvalue weighted by molar-refractivity contribution is -0.144. The molecular formula is C18H20ClN3O3. The number of nitrogens with zero attached hydrogens (tertiary/aromatic N) is 2. The number of aromatic nitrogens is 1. The number of anilines is 1. The zero-order valence-electron chi connectivity index (χ0n) is 13.9. The van der Waals surface area contributed by atoms with Gasteiger partial charge in [-0.25, -0.2) is 4.98 Å². The molecule has 2 aromatic rings. The molecule has 6 nitrogen and oxygen atoms in total. The van der Waals surface area contributed by atoms with E-state index in [4.69, 9.17) is 11.6 Å². The molecule has 0 saturated carbocycles. The number of hydrogen-bond acceptors (Lipinski definition) is 4. The first-order chi connectivity index (χ1) is 11.9. The summed E-state index contributed by atoms with van der Waals surface area (Å²) in [7, 11) is 1.84. The highest BCUT2D eigenvalue weighted by atomic mass is 35.5. The molecule has 0 bridgehead atoms. The van der Waals surface area contributed by atoms with Crippen LogP contribution in [0.25, 0.3) is 0 Å². The largest absolute Gasteiger partial charge is 0.481 e. The Morgan fingerprint density at radius 2 is 1.96 bits per heavy atom. The maximum Gasteiger partial charge on any atom is 0.308 e. The van der Waals surface area contributed by atoms with E-state index in [0.29, 0.717) is 17.4 Å². The van der Waals surface area contributed by atoms with Crippen LogP contribution in [0.15, 0.2) is 48.7 Å². The quantitative estimate of drug-likeness (QED) is 0.706. The van der Waals surface area contributed by atoms with E-state index < -0.39 is 11.9 Å². The number of carbonyl (C=O) groups excluding carboxylic acids is 1. The number of carboxylic acid groups (broad SMARTS) is 1. The molecule has 7 heteroatoms. The number of halogens is 1. The third-order valence-electron chi connectivity index (χ3n) is 3.62. The molecule has 1 atom stereocenters. The van der Waals surface area contributed by atoms with Crippen molar-refractivity contribution >= 4 is 29.2 Å². The Balaban J connectivity index is 1.90. The first-order valence-corrected chi connectivity index (χ1v) is 8.18. The highest BCUT2D eigenvalue weighted by molar-refractivity contribution is 6.29. The smallest absolute Gasteiger partial charge is 0.308 e. The summed E-state index contributed by atoms with van der Waals surface area (Å²) in [6.45, 7) is 0.893. The van der Waals surface area contributed by atoms with Gasteiger partial charge < -0.3 is 15.3 Å². The molecule has 1 aromatic carbocycles. The third-order valence-corrected chi connectivity index (χ3v) is 3.84. The van der Waals surface area contributed by atoms with Gasteiger partial charge in [0.2, 0.25) is 5.91 Å². The average Bonchev–Trinajstić information content (AvgIpc) is 2.57. The molecule has 0 spiro atoms. The van der Waals surface area contributed by atoms with E-state index in [0.717, 1.165) is 5.56 Å². The summed E-state index contributed by atoms with van der Waals surface area (Å²) < 4.78 is 0. The van der Waals surface area contributed by atoms with Crippen molar-refractivity contribution < 1.29 is 14.7 Å². The van der Waals surface area contributed by atoms with Crippen molar-refractivity contribution in [1.82, 2.24) is 9.88 Å². The molecule has 0 aliphatic rings. The van der Waals surface area contributed by atoms with Crippen molar-refractivity contribution in [3.63, 3.8) is 0 Å². The third kappa shape index (κ3) is 6.52. The SMILES string of the molecule is CN(Cc1ccccc1)C[C@@H](CC(=O)Nc1ccc(Cl)nc1)C(=O)O. The molecule has 0 aliphatic carbocycles. The van der Waals surface area contributed by atoms with Crippen molar-refractivity contribution in [3.05, 3.63) is 59.4 Å². The van der Waals surface area contributed by atoms with Gasteiger partial charge in [-0.2, -0.15) is 0 Å². The molecule has 1 aromatic heterocycles. The van der Waals surface area contributed by atoms with E-state index in [-0.39, 0.29) is 18.9 Å². The average molecular weight is 362 g/mol. The zero-order valence-corrected chi connectivity index (χ0v) is 14.6. The lowest BCUT2D eigenvalue weighted by Gasteiger charge is -2.21. The summed E-state index contributed by atoms with van der Waals surface area (Å²) in [6.07, 6.45) is 1.31. The first kappa shape index (κ1) is 18.9. The van der Waals surface area contributed by atoms with Crippen LogP contribution >= 0.6 is 11.6 Å². The van der Waals surface area contributed by atoms with E-state index in [2.05, 4.69) is 10.3 Å². The maximum absolute atomic E-state index is 12.1. The molecule has 0 aliphatic heterocycles. The fourth-order valence-corrected chi connectivity index (χ4v) is 2.56. The summed E-state index contributed by atoms with van der Waals surface area (Å²) in [5, 5.41) is 12.4. The van der Waals surface area contributed by atoms with Gasteiger partial charge in [0.05, 0.1) is 17.8 Å². The number of carboxylic acids is 1. The van der Waals surface area contributed by atoms with E-state index >= 15 is 0 Å². The predicted molar refractivity (Wildman–Crippen MR) is 96.4 cm³/mol. The van der Waals surface area contributed by atoms with Crippen molar-refractivity contribution in [3.8, 4) is 0 Å². The Morgan fingerprint density at radius 1 is 1.24 bits per heavy atom. The Hall–Kier alpha value is -2.44. The van der Waals surface area contributed by atoms with Crippen LogP contribution in [-0.2, 0) is 16.1 Å². The molecule has 0 unspecified atom stereocenters. The fourth-order valence-electron chi connectivity index (χ4n) is 2.45. The molecule has 1 heterocycles. The summed E-state index contributed by atoms with van der Waals surface area (Å²) in [4.78, 5) is 29.3. The summed E-state index contributed by atoms with van der Waals surface area (Å²) in [6, 6.07) is 12.9. The molecule has 25 heavy (non-hydrogen) atoms. The number of carbonyl (C=O) groups is 2. The van der Waals surface area contributed by atoms with Crippen LogP contribution < -0.4 is 5.32 Å². The molecule has 1 amide bonds. The normalized spacial score (nSPS) is 12.0. The second-order valence-electron chi connectivity index (χ2n) is 5.84. The van der Waals surface area contributed by atoms with Crippen molar-refractivity contribution in [2.24, 2.45) is 5.92 Å². The van der Waals surface area contributed by atoms with Crippen molar-refractivity contribution in [2.45, 2.75) is 13.0 Å². The number of benzene rings is 1. The molecule has 0 saturated heterocycles. The topological polar surface area (TPSA) is 82.5 Å². The van der Waals surface area contributed by atoms with E-state index in [9.17, 15) is 14.7 Å². The van der Waals surface area contributed by atoms with Gasteiger partial charge in [0, 0.05) is 19.5 Å². The molecule has 0 fully saturated rings. The second-order valence-corrected chi connectivity index (χ2v) is 6.23. The maximum atomic E-state index is 12.1. The second kappa shape index (κ2) is 9.15.